The van der Waals surface area contributed by atoms with Crippen molar-refractivity contribution in [3.8, 4) is 0 Å². The molecule has 6 heteroatoms. The molecule has 3 aromatic carbocycles. The van der Waals surface area contributed by atoms with Crippen LogP contribution in [0.5, 0.6) is 0 Å². The van der Waals surface area contributed by atoms with Crippen molar-refractivity contribution in [1.29, 1.82) is 0 Å². The average Bonchev–Trinajstić information content (AvgIpc) is 3.11. The van der Waals surface area contributed by atoms with E-state index in [9.17, 15) is 8.42 Å². The summed E-state index contributed by atoms with van der Waals surface area (Å²) in [5.41, 5.74) is 5.83. The topological polar surface area (TPSA) is 66.4 Å². The summed E-state index contributed by atoms with van der Waals surface area (Å²) in [6, 6.07) is 23.2. The molecule has 0 fully saturated rings. The fraction of sp³-hybridized carbons (Fsp3) is 0.0909. The van der Waals surface area contributed by atoms with E-state index in [0.29, 0.717) is 0 Å². The predicted molar refractivity (Wildman–Crippen MR) is 114 cm³/mol. The summed E-state index contributed by atoms with van der Waals surface area (Å²) >= 11 is 0. The maximum atomic E-state index is 11.1. The molecule has 1 aliphatic heterocycles. The Balaban J connectivity index is 0.00000225. The first-order valence-corrected chi connectivity index (χ1v) is 10.1. The molecular formula is C22H20NNaO3S. The first-order chi connectivity index (χ1) is 13.0. The second-order valence-electron chi connectivity index (χ2n) is 6.56. The summed E-state index contributed by atoms with van der Waals surface area (Å²) in [4.78, 5) is -0.103. The quantitative estimate of drug-likeness (QED) is 0.398. The molecule has 0 saturated carbocycles. The fourth-order valence-electron chi connectivity index (χ4n) is 3.34. The van der Waals surface area contributed by atoms with E-state index in [0.717, 1.165) is 17.7 Å². The van der Waals surface area contributed by atoms with Crippen LogP contribution in [0, 0.1) is 0 Å². The monoisotopic (exact) mass is 401 g/mol. The van der Waals surface area contributed by atoms with Gasteiger partial charge in [-0.3, -0.25) is 4.55 Å². The summed E-state index contributed by atoms with van der Waals surface area (Å²) in [7, 11) is -4.15. The van der Waals surface area contributed by atoms with Crippen LogP contribution in [0.25, 0.3) is 12.2 Å². The van der Waals surface area contributed by atoms with E-state index in [4.69, 9.17) is 4.55 Å². The van der Waals surface area contributed by atoms with Gasteiger partial charge in [-0.25, -0.2) is 0 Å². The zero-order valence-electron chi connectivity index (χ0n) is 14.5. The summed E-state index contributed by atoms with van der Waals surface area (Å²) < 4.78 is 31.2. The molecule has 1 aliphatic rings. The van der Waals surface area contributed by atoms with Gasteiger partial charge in [-0.1, -0.05) is 72.8 Å². The fourth-order valence-corrected chi connectivity index (χ4v) is 3.82. The van der Waals surface area contributed by atoms with Crippen LogP contribution in [-0.4, -0.2) is 42.5 Å². The third-order valence-electron chi connectivity index (χ3n) is 4.78. The molecule has 28 heavy (non-hydrogen) atoms. The van der Waals surface area contributed by atoms with E-state index in [1.54, 1.807) is 12.1 Å². The Morgan fingerprint density at radius 2 is 1.43 bits per heavy atom. The van der Waals surface area contributed by atoms with Crippen molar-refractivity contribution < 1.29 is 13.0 Å². The number of nitrogens with one attached hydrogen (secondary N) is 1. The van der Waals surface area contributed by atoms with Gasteiger partial charge in [0.2, 0.25) is 0 Å². The Hall–Kier alpha value is -1.73. The Morgan fingerprint density at radius 1 is 0.857 bits per heavy atom. The molecule has 138 valence electrons. The van der Waals surface area contributed by atoms with Gasteiger partial charge in [0.15, 0.2) is 0 Å². The Morgan fingerprint density at radius 3 is 2.04 bits per heavy atom. The molecule has 0 radical (unpaired) electrons. The molecule has 1 unspecified atom stereocenters. The number of hydrogen-bond donors (Lipinski definition) is 2. The molecule has 0 aliphatic carbocycles. The normalized spacial score (nSPS) is 16.0. The summed E-state index contributed by atoms with van der Waals surface area (Å²) in [5, 5.41) is 3.55. The van der Waals surface area contributed by atoms with E-state index in [1.807, 2.05) is 12.2 Å². The van der Waals surface area contributed by atoms with Gasteiger partial charge in [-0.2, -0.15) is 8.42 Å². The first kappa shape index (κ1) is 21.0. The molecule has 0 aromatic heterocycles. The second-order valence-corrected chi connectivity index (χ2v) is 7.98. The van der Waals surface area contributed by atoms with Crippen molar-refractivity contribution >= 4 is 51.8 Å². The molecule has 0 saturated heterocycles. The van der Waals surface area contributed by atoms with Crippen molar-refractivity contribution in [3.05, 3.63) is 101 Å². The minimum absolute atomic E-state index is 0. The Bertz CT molecular complexity index is 1090. The molecule has 1 heterocycles. The SMILES string of the molecule is O=S(=O)(O)c1ccc(C=Cc2ccc(C3NCc4ccccc43)cc2)cc1.[NaH]. The van der Waals surface area contributed by atoms with E-state index < -0.39 is 10.1 Å². The molecular weight excluding hydrogens is 381 g/mol. The maximum absolute atomic E-state index is 11.1. The second kappa shape index (κ2) is 8.74. The Kier molecular flexibility index (Phi) is 6.55. The zero-order valence-corrected chi connectivity index (χ0v) is 15.4. The van der Waals surface area contributed by atoms with Crippen LogP contribution in [0.1, 0.15) is 33.9 Å². The molecule has 1 atom stereocenters. The van der Waals surface area contributed by atoms with Crippen LogP contribution >= 0.6 is 0 Å². The number of hydrogen-bond acceptors (Lipinski definition) is 3. The first-order valence-electron chi connectivity index (χ1n) is 8.67. The third kappa shape index (κ3) is 4.63. The third-order valence-corrected chi connectivity index (χ3v) is 5.65. The van der Waals surface area contributed by atoms with Crippen molar-refractivity contribution in [1.82, 2.24) is 5.32 Å². The molecule has 0 amide bonds. The van der Waals surface area contributed by atoms with E-state index in [1.165, 1.54) is 28.8 Å². The number of benzene rings is 3. The zero-order chi connectivity index (χ0) is 18.9. The molecule has 0 bridgehead atoms. The van der Waals surface area contributed by atoms with Crippen molar-refractivity contribution in [2.45, 2.75) is 17.5 Å². The van der Waals surface area contributed by atoms with Crippen LogP contribution in [0.3, 0.4) is 0 Å². The molecule has 4 nitrogen and oxygen atoms in total. The van der Waals surface area contributed by atoms with Gasteiger partial charge in [-0.05, 0) is 39.9 Å². The van der Waals surface area contributed by atoms with E-state index >= 15 is 0 Å². The van der Waals surface area contributed by atoms with Crippen LogP contribution in [-0.2, 0) is 16.7 Å². The summed E-state index contributed by atoms with van der Waals surface area (Å²) in [6.07, 6.45) is 3.88. The molecule has 0 spiro atoms. The van der Waals surface area contributed by atoms with Gasteiger partial charge in [0.05, 0.1) is 10.9 Å². The van der Waals surface area contributed by atoms with Crippen molar-refractivity contribution in [2.24, 2.45) is 0 Å². The van der Waals surface area contributed by atoms with Gasteiger partial charge in [0.1, 0.15) is 0 Å². The van der Waals surface area contributed by atoms with Crippen LogP contribution in [0.15, 0.2) is 77.7 Å². The van der Waals surface area contributed by atoms with Crippen LogP contribution in [0.4, 0.5) is 0 Å². The van der Waals surface area contributed by atoms with Gasteiger partial charge in [0.25, 0.3) is 10.1 Å². The summed E-state index contributed by atoms with van der Waals surface area (Å²) in [6.45, 7) is 0.891. The number of fused-ring (bicyclic) bond motifs is 1. The van der Waals surface area contributed by atoms with Gasteiger partial charge >= 0.3 is 29.6 Å². The van der Waals surface area contributed by atoms with Gasteiger partial charge < -0.3 is 5.32 Å². The molecule has 3 aromatic rings. The van der Waals surface area contributed by atoms with Crippen molar-refractivity contribution in [3.63, 3.8) is 0 Å². The average molecular weight is 401 g/mol. The van der Waals surface area contributed by atoms with Gasteiger partial charge in [0, 0.05) is 6.54 Å². The van der Waals surface area contributed by atoms with E-state index in [2.05, 4.69) is 53.8 Å². The standard InChI is InChI=1S/C22H19NO3S.Na.H/c24-27(25,26)20-13-9-17(10-14-20)6-5-16-7-11-18(12-8-16)22-21-4-2-1-3-19(21)15-23-22;;/h1-14,22-23H,15H2,(H,24,25,26);;. The van der Waals surface area contributed by atoms with Crippen LogP contribution in [0.2, 0.25) is 0 Å². The molecule has 2 N–H and O–H groups in total. The van der Waals surface area contributed by atoms with Crippen LogP contribution < -0.4 is 5.32 Å². The predicted octanol–water partition coefficient (Wildman–Crippen LogP) is 3.65. The van der Waals surface area contributed by atoms with Crippen molar-refractivity contribution in [2.75, 3.05) is 0 Å². The minimum atomic E-state index is -4.15. The molecule has 4 rings (SSSR count). The van der Waals surface area contributed by atoms with E-state index in [-0.39, 0.29) is 40.5 Å². The van der Waals surface area contributed by atoms with Gasteiger partial charge in [-0.15, -0.1) is 0 Å². The summed E-state index contributed by atoms with van der Waals surface area (Å²) in [5.74, 6) is 0. The number of rotatable bonds is 4. The Labute approximate surface area is 187 Å².